The number of ketones is 1. The van der Waals surface area contributed by atoms with Gasteiger partial charge in [0.1, 0.15) is 5.82 Å². The Morgan fingerprint density at radius 1 is 1.29 bits per heavy atom. The number of halogens is 2. The van der Waals surface area contributed by atoms with Gasteiger partial charge < -0.3 is 9.64 Å². The summed E-state index contributed by atoms with van der Waals surface area (Å²) in [7, 11) is 0. The van der Waals surface area contributed by atoms with Crippen molar-refractivity contribution in [1.82, 2.24) is 4.90 Å². The minimum absolute atomic E-state index is 0.0680. The molecule has 1 saturated heterocycles. The predicted octanol–water partition coefficient (Wildman–Crippen LogP) is 3.52. The van der Waals surface area contributed by atoms with Crippen LogP contribution in [0.25, 0.3) is 0 Å². The van der Waals surface area contributed by atoms with E-state index >= 15 is 0 Å². The highest BCUT2D eigenvalue weighted by atomic mass is 35.5. The third-order valence-corrected chi connectivity index (χ3v) is 6.06. The van der Waals surface area contributed by atoms with Gasteiger partial charge in [-0.2, -0.15) is 0 Å². The Morgan fingerprint density at radius 3 is 2.75 bits per heavy atom. The summed E-state index contributed by atoms with van der Waals surface area (Å²) in [4.78, 5) is 32.6. The smallest absolute Gasteiger partial charge is 0.232 e. The van der Waals surface area contributed by atoms with Crippen LogP contribution in [0.5, 0.6) is 0 Å². The molecule has 148 valence electrons. The number of morpholine rings is 1. The number of carbonyl (C=O) groups is 2. The van der Waals surface area contributed by atoms with Crippen molar-refractivity contribution < 1.29 is 18.7 Å². The van der Waals surface area contributed by atoms with Gasteiger partial charge >= 0.3 is 0 Å². The zero-order valence-corrected chi connectivity index (χ0v) is 16.5. The zero-order chi connectivity index (χ0) is 19.8. The molecule has 7 heteroatoms. The second-order valence-electron chi connectivity index (χ2n) is 7.42. The summed E-state index contributed by atoms with van der Waals surface area (Å²) in [5.41, 5.74) is 1.95. The van der Waals surface area contributed by atoms with Gasteiger partial charge in [0, 0.05) is 53.0 Å². The summed E-state index contributed by atoms with van der Waals surface area (Å²) in [5, 5.41) is 0.227. The highest BCUT2D eigenvalue weighted by molar-refractivity contribution is 6.31. The van der Waals surface area contributed by atoms with Gasteiger partial charge in [0.15, 0.2) is 5.78 Å². The first kappa shape index (κ1) is 19.3. The number of ether oxygens (including phenoxy) is 1. The number of rotatable bonds is 2. The number of hydrogen-bond acceptors (Lipinski definition) is 4. The first-order valence-corrected chi connectivity index (χ1v) is 9.98. The molecule has 1 amide bonds. The lowest BCUT2D eigenvalue weighted by Crippen LogP contribution is -2.48. The van der Waals surface area contributed by atoms with E-state index in [1.54, 1.807) is 17.9 Å². The molecule has 28 heavy (non-hydrogen) atoms. The molecule has 1 aromatic rings. The Hall–Kier alpha value is -2.05. The van der Waals surface area contributed by atoms with Crippen molar-refractivity contribution >= 4 is 29.0 Å². The molecule has 2 heterocycles. The Morgan fingerprint density at radius 2 is 2.04 bits per heavy atom. The molecule has 1 fully saturated rings. The average molecular weight is 405 g/mol. The molecule has 1 unspecified atom stereocenters. The fourth-order valence-electron chi connectivity index (χ4n) is 4.43. The molecule has 3 aliphatic rings. The molecule has 2 aliphatic heterocycles. The standard InChI is InChI=1S/C21H22ClFN2O3/c1-12-17(21(27)25-8-10-28-11-9-25)20(18-13(22)4-2-5-14(18)23)19-15(24-12)6-3-7-16(19)26/h2,4-5,17,20H,3,6-11H2,1H3/t17?,20-/m1/s1. The lowest BCUT2D eigenvalue weighted by molar-refractivity contribution is -0.138. The van der Waals surface area contributed by atoms with Crippen molar-refractivity contribution in [2.75, 3.05) is 26.3 Å². The van der Waals surface area contributed by atoms with Crippen LogP contribution in [0.15, 0.2) is 34.5 Å². The third kappa shape index (κ3) is 3.29. The maximum atomic E-state index is 14.9. The summed E-state index contributed by atoms with van der Waals surface area (Å²) >= 11 is 6.39. The molecule has 4 rings (SSSR count). The van der Waals surface area contributed by atoms with E-state index in [0.29, 0.717) is 62.5 Å². The first-order chi connectivity index (χ1) is 13.5. The van der Waals surface area contributed by atoms with E-state index in [1.165, 1.54) is 12.1 Å². The fourth-order valence-corrected chi connectivity index (χ4v) is 4.71. The van der Waals surface area contributed by atoms with E-state index in [1.807, 2.05) is 0 Å². The molecule has 0 spiro atoms. The number of nitrogens with zero attached hydrogens (tertiary/aromatic N) is 2. The summed E-state index contributed by atoms with van der Waals surface area (Å²) in [6, 6.07) is 4.46. The molecule has 0 bridgehead atoms. The van der Waals surface area contributed by atoms with Crippen molar-refractivity contribution in [3.8, 4) is 0 Å². The van der Waals surface area contributed by atoms with Crippen molar-refractivity contribution in [2.24, 2.45) is 10.9 Å². The highest BCUT2D eigenvalue weighted by Gasteiger charge is 2.45. The van der Waals surface area contributed by atoms with E-state index in [2.05, 4.69) is 4.99 Å². The normalized spacial score (nSPS) is 25.5. The number of carbonyl (C=O) groups excluding carboxylic acids is 2. The van der Waals surface area contributed by atoms with Crippen molar-refractivity contribution in [2.45, 2.75) is 32.1 Å². The van der Waals surface area contributed by atoms with Crippen molar-refractivity contribution in [3.05, 3.63) is 45.9 Å². The first-order valence-electron chi connectivity index (χ1n) is 9.61. The number of amides is 1. The second kappa shape index (κ2) is 7.76. The zero-order valence-electron chi connectivity index (χ0n) is 15.7. The molecule has 0 radical (unpaired) electrons. The van der Waals surface area contributed by atoms with Crippen LogP contribution in [-0.4, -0.2) is 48.6 Å². The van der Waals surface area contributed by atoms with Crippen LogP contribution in [0.3, 0.4) is 0 Å². The van der Waals surface area contributed by atoms with Gasteiger partial charge in [0.25, 0.3) is 0 Å². The molecular formula is C21H22ClFN2O3. The van der Waals surface area contributed by atoms with Gasteiger partial charge in [-0.3, -0.25) is 14.6 Å². The van der Waals surface area contributed by atoms with Gasteiger partial charge in [-0.1, -0.05) is 17.7 Å². The van der Waals surface area contributed by atoms with Crippen LogP contribution < -0.4 is 0 Å². The molecule has 5 nitrogen and oxygen atoms in total. The minimum atomic E-state index is -0.746. The quantitative estimate of drug-likeness (QED) is 0.757. The summed E-state index contributed by atoms with van der Waals surface area (Å²) in [6.45, 7) is 3.66. The van der Waals surface area contributed by atoms with Crippen LogP contribution in [0.4, 0.5) is 4.39 Å². The van der Waals surface area contributed by atoms with E-state index < -0.39 is 17.7 Å². The third-order valence-electron chi connectivity index (χ3n) is 5.73. The van der Waals surface area contributed by atoms with Crippen LogP contribution in [0.2, 0.25) is 5.02 Å². The van der Waals surface area contributed by atoms with Gasteiger partial charge in [-0.25, -0.2) is 4.39 Å². The van der Waals surface area contributed by atoms with Gasteiger partial charge in [-0.05, 0) is 31.9 Å². The lowest BCUT2D eigenvalue weighted by Gasteiger charge is -2.38. The molecule has 2 atom stereocenters. The number of hydrogen-bond donors (Lipinski definition) is 0. The van der Waals surface area contributed by atoms with Gasteiger partial charge in [0.05, 0.1) is 19.1 Å². The van der Waals surface area contributed by atoms with Crippen molar-refractivity contribution in [1.29, 1.82) is 0 Å². The molecule has 1 aliphatic carbocycles. The van der Waals surface area contributed by atoms with Crippen LogP contribution in [0.1, 0.15) is 37.7 Å². The molecule has 1 aromatic carbocycles. The fraction of sp³-hybridized carbons (Fsp3) is 0.476. The Balaban J connectivity index is 1.86. The number of aliphatic imine (C=N–C) groups is 1. The number of allylic oxidation sites excluding steroid dienone is 2. The van der Waals surface area contributed by atoms with Crippen LogP contribution in [0, 0.1) is 11.7 Å². The molecular weight excluding hydrogens is 383 g/mol. The lowest BCUT2D eigenvalue weighted by atomic mass is 9.71. The van der Waals surface area contributed by atoms with E-state index in [-0.39, 0.29) is 22.3 Å². The SMILES string of the molecule is CC1=NC2=C(C(=O)CCC2)[C@@H](c2c(F)cccc2Cl)C1C(=O)N1CCOCC1. The minimum Gasteiger partial charge on any atom is -0.378 e. The van der Waals surface area contributed by atoms with E-state index in [9.17, 15) is 14.0 Å². The summed E-state index contributed by atoms with van der Waals surface area (Å²) in [6.07, 6.45) is 1.75. The van der Waals surface area contributed by atoms with Crippen molar-refractivity contribution in [3.63, 3.8) is 0 Å². The summed E-state index contributed by atoms with van der Waals surface area (Å²) < 4.78 is 20.3. The average Bonchev–Trinajstić information content (AvgIpc) is 2.68. The Kier molecular flexibility index (Phi) is 5.34. The van der Waals surface area contributed by atoms with Crippen LogP contribution >= 0.6 is 11.6 Å². The summed E-state index contributed by atoms with van der Waals surface area (Å²) in [5.74, 6) is -2.21. The predicted molar refractivity (Wildman–Crippen MR) is 104 cm³/mol. The van der Waals surface area contributed by atoms with E-state index in [0.717, 1.165) is 0 Å². The Labute approximate surface area is 168 Å². The largest absolute Gasteiger partial charge is 0.378 e. The number of benzene rings is 1. The molecule has 0 aromatic heterocycles. The monoisotopic (exact) mass is 404 g/mol. The van der Waals surface area contributed by atoms with Crippen LogP contribution in [-0.2, 0) is 14.3 Å². The van der Waals surface area contributed by atoms with Gasteiger partial charge in [-0.15, -0.1) is 0 Å². The highest BCUT2D eigenvalue weighted by Crippen LogP contribution is 2.46. The maximum Gasteiger partial charge on any atom is 0.232 e. The van der Waals surface area contributed by atoms with E-state index in [4.69, 9.17) is 16.3 Å². The van der Waals surface area contributed by atoms with Gasteiger partial charge in [0.2, 0.25) is 5.91 Å². The number of Topliss-reactive ketones (excluding diaryl/α,β-unsaturated/α-hetero) is 1. The Bertz CT molecular complexity index is 869. The molecule has 0 saturated carbocycles. The molecule has 0 N–H and O–H groups in total. The second-order valence-corrected chi connectivity index (χ2v) is 7.83. The maximum absolute atomic E-state index is 14.9. The topological polar surface area (TPSA) is 59.0 Å².